The first kappa shape index (κ1) is 17.9. The Kier molecular flexibility index (Phi) is 4.79. The third-order valence-electron chi connectivity index (χ3n) is 4.92. The van der Waals surface area contributed by atoms with Crippen molar-refractivity contribution in [3.63, 3.8) is 0 Å². The van der Waals surface area contributed by atoms with Gasteiger partial charge >= 0.3 is 0 Å². The fraction of sp³-hybridized carbons (Fsp3) is 0.556. The zero-order chi connectivity index (χ0) is 19.0. The van der Waals surface area contributed by atoms with Crippen LogP contribution in [0.5, 0.6) is 0 Å². The highest BCUT2D eigenvalue weighted by atomic mass is 16.5. The number of ether oxygens (including phenoxy) is 1. The van der Waals surface area contributed by atoms with E-state index in [2.05, 4.69) is 27.0 Å². The first-order valence-corrected chi connectivity index (χ1v) is 9.14. The summed E-state index contributed by atoms with van der Waals surface area (Å²) in [5.41, 5.74) is 3.74. The van der Waals surface area contributed by atoms with Gasteiger partial charge in [-0.2, -0.15) is 0 Å². The van der Waals surface area contributed by atoms with Gasteiger partial charge < -0.3 is 18.7 Å². The van der Waals surface area contributed by atoms with Gasteiger partial charge in [0.2, 0.25) is 0 Å². The highest BCUT2D eigenvalue weighted by Gasteiger charge is 2.21. The van der Waals surface area contributed by atoms with E-state index in [9.17, 15) is 0 Å². The van der Waals surface area contributed by atoms with Gasteiger partial charge in [0, 0.05) is 32.2 Å². The van der Waals surface area contributed by atoms with Crippen molar-refractivity contribution in [1.29, 1.82) is 0 Å². The van der Waals surface area contributed by atoms with E-state index in [-0.39, 0.29) is 0 Å². The summed E-state index contributed by atoms with van der Waals surface area (Å²) in [5, 5.41) is 4.03. The summed E-state index contributed by atoms with van der Waals surface area (Å²) in [5.74, 6) is 2.53. The van der Waals surface area contributed by atoms with Crippen LogP contribution in [-0.4, -0.2) is 62.9 Å². The second kappa shape index (κ2) is 7.24. The number of morpholine rings is 1. The summed E-state index contributed by atoms with van der Waals surface area (Å²) in [6.45, 7) is 8.32. The van der Waals surface area contributed by atoms with Crippen molar-refractivity contribution in [2.75, 3.05) is 38.3 Å². The van der Waals surface area contributed by atoms with Crippen LogP contribution in [0.25, 0.3) is 11.2 Å². The molecule has 0 amide bonds. The lowest BCUT2D eigenvalue weighted by molar-refractivity contribution is 0.122. The largest absolute Gasteiger partial charge is 0.378 e. The monoisotopic (exact) mass is 371 g/mol. The molecule has 4 heterocycles. The van der Waals surface area contributed by atoms with E-state index in [1.54, 1.807) is 6.33 Å². The molecule has 9 heteroatoms. The van der Waals surface area contributed by atoms with E-state index in [0.29, 0.717) is 19.8 Å². The number of anilines is 1. The Labute approximate surface area is 157 Å². The summed E-state index contributed by atoms with van der Waals surface area (Å²) < 4.78 is 12.7. The molecule has 9 nitrogen and oxygen atoms in total. The molecule has 0 bridgehead atoms. The van der Waals surface area contributed by atoms with Gasteiger partial charge in [-0.15, -0.1) is 0 Å². The van der Waals surface area contributed by atoms with Gasteiger partial charge in [0.25, 0.3) is 0 Å². The molecule has 3 aromatic heterocycles. The standard InChI is InChI=1S/C18H25N7O2/c1-12-14(13(2)27-22-12)9-23(3)10-15-20-17-16(19-11-24(17)4)18(21-15)25-5-7-26-8-6-25/h11H,5-10H2,1-4H3. The predicted octanol–water partition coefficient (Wildman–Crippen LogP) is 1.44. The quantitative estimate of drug-likeness (QED) is 0.666. The van der Waals surface area contributed by atoms with Crippen LogP contribution in [0.4, 0.5) is 5.82 Å². The summed E-state index contributed by atoms with van der Waals surface area (Å²) in [7, 11) is 4.01. The molecule has 0 N–H and O–H groups in total. The SMILES string of the molecule is Cc1noc(C)c1CN(C)Cc1nc(N2CCOCC2)c2ncn(C)c2n1. The summed E-state index contributed by atoms with van der Waals surface area (Å²) in [6, 6.07) is 0. The topological polar surface area (TPSA) is 85.3 Å². The van der Waals surface area contributed by atoms with Crippen LogP contribution >= 0.6 is 0 Å². The molecule has 1 aliphatic rings. The summed E-state index contributed by atoms with van der Waals surface area (Å²) >= 11 is 0. The molecule has 0 saturated carbocycles. The van der Waals surface area contributed by atoms with Crippen molar-refractivity contribution in [2.24, 2.45) is 7.05 Å². The first-order valence-electron chi connectivity index (χ1n) is 9.14. The Balaban J connectivity index is 1.62. The molecule has 0 radical (unpaired) electrons. The Morgan fingerprint density at radius 1 is 1.15 bits per heavy atom. The molecule has 0 unspecified atom stereocenters. The van der Waals surface area contributed by atoms with Crippen LogP contribution < -0.4 is 4.90 Å². The van der Waals surface area contributed by atoms with E-state index in [0.717, 1.165) is 59.5 Å². The van der Waals surface area contributed by atoms with E-state index >= 15 is 0 Å². The molecule has 1 fully saturated rings. The lowest BCUT2D eigenvalue weighted by Gasteiger charge is -2.28. The lowest BCUT2D eigenvalue weighted by Crippen LogP contribution is -2.37. The average molecular weight is 371 g/mol. The fourth-order valence-corrected chi connectivity index (χ4v) is 3.40. The number of hydrogen-bond acceptors (Lipinski definition) is 8. The van der Waals surface area contributed by atoms with E-state index < -0.39 is 0 Å². The number of imidazole rings is 1. The molecular formula is C18H25N7O2. The highest BCUT2D eigenvalue weighted by Crippen LogP contribution is 2.24. The second-order valence-corrected chi connectivity index (χ2v) is 7.07. The van der Waals surface area contributed by atoms with Crippen molar-refractivity contribution < 1.29 is 9.26 Å². The van der Waals surface area contributed by atoms with Gasteiger partial charge in [-0.25, -0.2) is 15.0 Å². The number of nitrogens with zero attached hydrogens (tertiary/aromatic N) is 7. The smallest absolute Gasteiger partial charge is 0.165 e. The maximum Gasteiger partial charge on any atom is 0.165 e. The summed E-state index contributed by atoms with van der Waals surface area (Å²) in [4.78, 5) is 18.5. The molecule has 1 aliphatic heterocycles. The van der Waals surface area contributed by atoms with Crippen molar-refractivity contribution in [3.05, 3.63) is 29.2 Å². The molecular weight excluding hydrogens is 346 g/mol. The number of aryl methyl sites for hydroxylation is 3. The van der Waals surface area contributed by atoms with Crippen molar-refractivity contribution in [3.8, 4) is 0 Å². The van der Waals surface area contributed by atoms with Gasteiger partial charge in [0.15, 0.2) is 17.0 Å². The number of rotatable bonds is 5. The van der Waals surface area contributed by atoms with Crippen molar-refractivity contribution in [2.45, 2.75) is 26.9 Å². The maximum atomic E-state index is 5.48. The minimum atomic E-state index is 0.628. The van der Waals surface area contributed by atoms with Crippen LogP contribution in [-0.2, 0) is 24.9 Å². The van der Waals surface area contributed by atoms with Crippen molar-refractivity contribution >= 4 is 17.0 Å². The zero-order valence-corrected chi connectivity index (χ0v) is 16.3. The van der Waals surface area contributed by atoms with Crippen LogP contribution in [0.1, 0.15) is 22.8 Å². The molecule has 3 aromatic rings. The number of fused-ring (bicyclic) bond motifs is 1. The van der Waals surface area contributed by atoms with E-state index in [1.807, 2.05) is 25.5 Å². The minimum absolute atomic E-state index is 0.628. The highest BCUT2D eigenvalue weighted by molar-refractivity contribution is 5.83. The Bertz CT molecular complexity index is 923. The molecule has 4 rings (SSSR count). The Morgan fingerprint density at radius 2 is 1.93 bits per heavy atom. The van der Waals surface area contributed by atoms with Crippen LogP contribution in [0.2, 0.25) is 0 Å². The second-order valence-electron chi connectivity index (χ2n) is 7.07. The molecule has 27 heavy (non-hydrogen) atoms. The van der Waals surface area contributed by atoms with Gasteiger partial charge in [0.1, 0.15) is 11.6 Å². The van der Waals surface area contributed by atoms with Gasteiger partial charge in [-0.1, -0.05) is 5.16 Å². The van der Waals surface area contributed by atoms with Gasteiger partial charge in [0.05, 0.1) is 31.8 Å². The van der Waals surface area contributed by atoms with Crippen LogP contribution in [0.3, 0.4) is 0 Å². The third kappa shape index (κ3) is 3.52. The maximum absolute atomic E-state index is 5.48. The average Bonchev–Trinajstić information content (AvgIpc) is 3.19. The molecule has 0 aromatic carbocycles. The number of aromatic nitrogens is 5. The molecule has 144 valence electrons. The number of hydrogen-bond donors (Lipinski definition) is 0. The molecule has 0 aliphatic carbocycles. The van der Waals surface area contributed by atoms with Gasteiger partial charge in [-0.3, -0.25) is 4.90 Å². The predicted molar refractivity (Wildman–Crippen MR) is 100 cm³/mol. The first-order chi connectivity index (χ1) is 13.0. The lowest BCUT2D eigenvalue weighted by atomic mass is 10.2. The van der Waals surface area contributed by atoms with E-state index in [4.69, 9.17) is 19.2 Å². The fourth-order valence-electron chi connectivity index (χ4n) is 3.40. The molecule has 1 saturated heterocycles. The molecule has 0 spiro atoms. The van der Waals surface area contributed by atoms with E-state index in [1.165, 1.54) is 0 Å². The third-order valence-corrected chi connectivity index (χ3v) is 4.92. The normalized spacial score (nSPS) is 15.2. The van der Waals surface area contributed by atoms with Gasteiger partial charge in [-0.05, 0) is 20.9 Å². The summed E-state index contributed by atoms with van der Waals surface area (Å²) in [6.07, 6.45) is 1.79. The van der Waals surface area contributed by atoms with Crippen LogP contribution in [0.15, 0.2) is 10.9 Å². The Morgan fingerprint density at radius 3 is 2.63 bits per heavy atom. The van der Waals surface area contributed by atoms with Crippen molar-refractivity contribution in [1.82, 2.24) is 29.6 Å². The minimum Gasteiger partial charge on any atom is -0.378 e. The molecule has 0 atom stereocenters. The zero-order valence-electron chi connectivity index (χ0n) is 16.3. The Hall–Kier alpha value is -2.52. The van der Waals surface area contributed by atoms with Crippen LogP contribution in [0, 0.1) is 13.8 Å².